The first-order valence-corrected chi connectivity index (χ1v) is 5.07. The number of carbonyl (C=O) groups is 2. The second-order valence-electron chi connectivity index (χ2n) is 2.95. The fraction of sp³-hybridized carbons (Fsp3) is 0.750. The number of nitrogens with one attached hydrogen (secondary N) is 1. The molecule has 0 unspecified atom stereocenters. The van der Waals surface area contributed by atoms with Crippen molar-refractivity contribution in [2.24, 2.45) is 0 Å². The number of rotatable bonds is 2. The minimum atomic E-state index is -0.835. The molecule has 0 aromatic heterocycles. The maximum atomic E-state index is 11.4. The zero-order chi connectivity index (χ0) is 9.90. The molecule has 74 valence electrons. The maximum Gasteiger partial charge on any atom is 0.345 e. The van der Waals surface area contributed by atoms with Crippen molar-refractivity contribution < 1.29 is 14.3 Å². The Labute approximate surface area is 85.1 Å². The summed E-state index contributed by atoms with van der Waals surface area (Å²) in [4.78, 5) is 22.2. The van der Waals surface area contributed by atoms with Crippen molar-refractivity contribution in [3.05, 3.63) is 0 Å². The van der Waals surface area contributed by atoms with Crippen LogP contribution < -0.4 is 5.32 Å². The number of hydrogen-bond donors (Lipinski definition) is 1. The Morgan fingerprint density at radius 3 is 2.77 bits per heavy atom. The molecule has 0 amide bonds. The van der Waals surface area contributed by atoms with Crippen molar-refractivity contribution in [2.75, 3.05) is 6.54 Å². The summed E-state index contributed by atoms with van der Waals surface area (Å²) >= 11 is 3.23. The van der Waals surface area contributed by atoms with Crippen LogP contribution >= 0.6 is 15.9 Å². The zero-order valence-electron chi connectivity index (χ0n) is 7.43. The molecule has 1 N–H and O–H groups in total. The number of ether oxygens (including phenoxy) is 1. The van der Waals surface area contributed by atoms with Gasteiger partial charge < -0.3 is 4.74 Å². The van der Waals surface area contributed by atoms with Gasteiger partial charge in [0, 0.05) is 6.42 Å². The largest absolute Gasteiger partial charge is 0.391 e. The highest BCUT2D eigenvalue weighted by atomic mass is 79.9. The topological polar surface area (TPSA) is 55.4 Å². The van der Waals surface area contributed by atoms with Gasteiger partial charge in [-0.15, -0.1) is 0 Å². The van der Waals surface area contributed by atoms with Crippen LogP contribution in [0.4, 0.5) is 0 Å². The fourth-order valence-corrected chi connectivity index (χ4v) is 1.70. The zero-order valence-corrected chi connectivity index (χ0v) is 9.02. The van der Waals surface area contributed by atoms with E-state index in [1.54, 1.807) is 6.92 Å². The van der Waals surface area contributed by atoms with Crippen LogP contribution in [0, 0.1) is 0 Å². The van der Waals surface area contributed by atoms with Gasteiger partial charge >= 0.3 is 11.9 Å². The van der Waals surface area contributed by atoms with E-state index in [4.69, 9.17) is 0 Å². The van der Waals surface area contributed by atoms with Crippen molar-refractivity contribution in [3.8, 4) is 0 Å². The van der Waals surface area contributed by atoms with Crippen LogP contribution in [0.15, 0.2) is 0 Å². The number of carbonyl (C=O) groups excluding carboxylic acids is 2. The molecule has 1 aliphatic heterocycles. The highest BCUT2D eigenvalue weighted by Gasteiger charge is 2.40. The van der Waals surface area contributed by atoms with E-state index in [2.05, 4.69) is 26.0 Å². The lowest BCUT2D eigenvalue weighted by molar-refractivity contribution is -0.161. The summed E-state index contributed by atoms with van der Waals surface area (Å²) < 4.78 is 3.76. The predicted octanol–water partition coefficient (Wildman–Crippen LogP) is 0.941. The van der Waals surface area contributed by atoms with Crippen molar-refractivity contribution in [3.63, 3.8) is 0 Å². The second kappa shape index (κ2) is 4.19. The monoisotopic (exact) mass is 249 g/mol. The normalized spacial score (nSPS) is 27.2. The van der Waals surface area contributed by atoms with Crippen LogP contribution in [0.1, 0.15) is 26.2 Å². The summed E-state index contributed by atoms with van der Waals surface area (Å²) in [5.41, 5.74) is 0. The van der Waals surface area contributed by atoms with Crippen LogP contribution in [0.25, 0.3) is 0 Å². The smallest absolute Gasteiger partial charge is 0.345 e. The standard InChI is InChI=1S/C8H12BrNO3/c1-2-6(11)13-7(12)8(9)4-3-5-10-8/h10H,2-5H2,1H3/t8-/m0/s1. The number of esters is 2. The fourth-order valence-electron chi connectivity index (χ4n) is 1.14. The van der Waals surface area contributed by atoms with Gasteiger partial charge in [-0.1, -0.05) is 22.9 Å². The minimum absolute atomic E-state index is 0.217. The molecule has 4 nitrogen and oxygen atoms in total. The van der Waals surface area contributed by atoms with E-state index in [1.807, 2.05) is 0 Å². The van der Waals surface area contributed by atoms with Crippen LogP contribution in [0.3, 0.4) is 0 Å². The molecule has 0 saturated carbocycles. The molecule has 0 bridgehead atoms. The summed E-state index contributed by atoms with van der Waals surface area (Å²) in [6.07, 6.45) is 1.78. The summed E-state index contributed by atoms with van der Waals surface area (Å²) in [6.45, 7) is 2.42. The third kappa shape index (κ3) is 2.51. The average molecular weight is 250 g/mol. The molecule has 0 aromatic rings. The highest BCUT2D eigenvalue weighted by Crippen LogP contribution is 2.27. The Morgan fingerprint density at radius 2 is 2.31 bits per heavy atom. The minimum Gasteiger partial charge on any atom is -0.391 e. The summed E-state index contributed by atoms with van der Waals surface area (Å²) in [5.74, 6) is -1.02. The van der Waals surface area contributed by atoms with Gasteiger partial charge in [-0.05, 0) is 19.4 Å². The van der Waals surface area contributed by atoms with E-state index in [-0.39, 0.29) is 6.42 Å². The molecule has 1 heterocycles. The summed E-state index contributed by atoms with van der Waals surface area (Å²) in [6, 6.07) is 0. The van der Waals surface area contributed by atoms with E-state index in [9.17, 15) is 9.59 Å². The molecule has 0 spiro atoms. The lowest BCUT2D eigenvalue weighted by atomic mass is 10.2. The molecule has 0 aliphatic carbocycles. The van der Waals surface area contributed by atoms with Crippen LogP contribution in [0.2, 0.25) is 0 Å². The summed E-state index contributed by atoms with van der Waals surface area (Å²) in [7, 11) is 0. The average Bonchev–Trinajstić information content (AvgIpc) is 2.53. The van der Waals surface area contributed by atoms with Gasteiger partial charge in [0.25, 0.3) is 0 Å². The van der Waals surface area contributed by atoms with Crippen molar-refractivity contribution in [2.45, 2.75) is 30.6 Å². The van der Waals surface area contributed by atoms with Gasteiger partial charge in [0.05, 0.1) is 0 Å². The van der Waals surface area contributed by atoms with Crippen LogP contribution in [0.5, 0.6) is 0 Å². The third-order valence-corrected chi connectivity index (χ3v) is 2.92. The van der Waals surface area contributed by atoms with Crippen molar-refractivity contribution in [1.82, 2.24) is 5.32 Å². The van der Waals surface area contributed by atoms with Crippen LogP contribution in [-0.4, -0.2) is 22.9 Å². The molecule has 0 aromatic carbocycles. The molecule has 1 atom stereocenters. The molecular weight excluding hydrogens is 238 g/mol. The first kappa shape index (κ1) is 10.7. The van der Waals surface area contributed by atoms with Crippen molar-refractivity contribution in [1.29, 1.82) is 0 Å². The Hall–Kier alpha value is -0.420. The molecule has 13 heavy (non-hydrogen) atoms. The molecule has 0 radical (unpaired) electrons. The van der Waals surface area contributed by atoms with Crippen molar-refractivity contribution >= 4 is 27.9 Å². The highest BCUT2D eigenvalue weighted by molar-refractivity contribution is 9.10. The first-order valence-electron chi connectivity index (χ1n) is 4.27. The van der Waals surface area contributed by atoms with Gasteiger partial charge in [0.2, 0.25) is 0 Å². The predicted molar refractivity (Wildman–Crippen MR) is 50.3 cm³/mol. The SMILES string of the molecule is CCC(=O)OC(=O)[C@]1(Br)CCCN1. The number of hydrogen-bond acceptors (Lipinski definition) is 4. The Bertz CT molecular complexity index is 223. The lowest BCUT2D eigenvalue weighted by Gasteiger charge is -2.18. The summed E-state index contributed by atoms with van der Waals surface area (Å²) in [5, 5.41) is 2.95. The number of alkyl halides is 1. The molecule has 1 fully saturated rings. The lowest BCUT2D eigenvalue weighted by Crippen LogP contribution is -2.43. The van der Waals surface area contributed by atoms with E-state index in [0.717, 1.165) is 13.0 Å². The Balaban J connectivity index is 2.51. The van der Waals surface area contributed by atoms with E-state index < -0.39 is 16.4 Å². The first-order chi connectivity index (χ1) is 6.08. The van der Waals surface area contributed by atoms with Gasteiger partial charge in [-0.3, -0.25) is 10.1 Å². The quantitative estimate of drug-likeness (QED) is 0.343. The van der Waals surface area contributed by atoms with Gasteiger partial charge in [0.1, 0.15) is 0 Å². The Kier molecular flexibility index (Phi) is 3.44. The third-order valence-electron chi connectivity index (χ3n) is 1.92. The van der Waals surface area contributed by atoms with E-state index in [0.29, 0.717) is 6.42 Å². The van der Waals surface area contributed by atoms with E-state index in [1.165, 1.54) is 0 Å². The molecular formula is C8H12BrNO3. The van der Waals surface area contributed by atoms with E-state index >= 15 is 0 Å². The molecule has 1 saturated heterocycles. The Morgan fingerprint density at radius 1 is 1.62 bits per heavy atom. The molecule has 5 heteroatoms. The maximum absolute atomic E-state index is 11.4. The van der Waals surface area contributed by atoms with Crippen LogP contribution in [-0.2, 0) is 14.3 Å². The van der Waals surface area contributed by atoms with Gasteiger partial charge in [0.15, 0.2) is 4.45 Å². The molecule has 1 aliphatic rings. The second-order valence-corrected chi connectivity index (χ2v) is 4.30. The number of halogens is 1. The molecule has 1 rings (SSSR count). The van der Waals surface area contributed by atoms with Gasteiger partial charge in [-0.25, -0.2) is 4.79 Å². The van der Waals surface area contributed by atoms with Gasteiger partial charge in [-0.2, -0.15) is 0 Å².